The highest BCUT2D eigenvalue weighted by molar-refractivity contribution is 6.02. The SMILES string of the molecule is COc1c(Nc2cc(C(=O)NC3CC3)ncc2C(=O)N(C)OC)cccc1-c1ncn(C)n1. The zero-order chi connectivity index (χ0) is 23.5. The molecule has 0 atom stereocenters. The van der Waals surface area contributed by atoms with Gasteiger partial charge in [0, 0.05) is 26.3 Å². The Bertz CT molecular complexity index is 1190. The van der Waals surface area contributed by atoms with E-state index in [1.54, 1.807) is 37.3 Å². The maximum atomic E-state index is 12.9. The Kier molecular flexibility index (Phi) is 6.22. The van der Waals surface area contributed by atoms with Crippen LogP contribution in [0.5, 0.6) is 5.75 Å². The Hall–Kier alpha value is -3.99. The minimum absolute atomic E-state index is 0.180. The van der Waals surface area contributed by atoms with Gasteiger partial charge in [-0.3, -0.25) is 24.1 Å². The van der Waals surface area contributed by atoms with Crippen molar-refractivity contribution in [1.82, 2.24) is 30.1 Å². The van der Waals surface area contributed by atoms with Crippen molar-refractivity contribution in [3.05, 3.63) is 48.0 Å². The number of ether oxygens (including phenoxy) is 1. The number of amides is 2. The molecule has 3 aromatic rings. The molecule has 11 nitrogen and oxygen atoms in total. The van der Waals surface area contributed by atoms with E-state index in [0.29, 0.717) is 28.5 Å². The normalized spacial score (nSPS) is 12.8. The van der Waals surface area contributed by atoms with Crippen LogP contribution in [0.15, 0.2) is 36.8 Å². The Labute approximate surface area is 190 Å². The fourth-order valence-electron chi connectivity index (χ4n) is 3.23. The van der Waals surface area contributed by atoms with Gasteiger partial charge in [-0.15, -0.1) is 0 Å². The van der Waals surface area contributed by atoms with Crippen molar-refractivity contribution in [3.63, 3.8) is 0 Å². The first-order valence-corrected chi connectivity index (χ1v) is 10.3. The summed E-state index contributed by atoms with van der Waals surface area (Å²) in [5.41, 5.74) is 2.04. The van der Waals surface area contributed by atoms with Crippen molar-refractivity contribution in [1.29, 1.82) is 0 Å². The van der Waals surface area contributed by atoms with Crippen molar-refractivity contribution in [2.45, 2.75) is 18.9 Å². The number of carbonyl (C=O) groups is 2. The molecule has 0 radical (unpaired) electrons. The molecule has 2 N–H and O–H groups in total. The zero-order valence-corrected chi connectivity index (χ0v) is 18.8. The highest BCUT2D eigenvalue weighted by Crippen LogP contribution is 2.37. The topological polar surface area (TPSA) is 123 Å². The van der Waals surface area contributed by atoms with Gasteiger partial charge in [-0.1, -0.05) is 6.07 Å². The number of methoxy groups -OCH3 is 1. The zero-order valence-electron chi connectivity index (χ0n) is 18.8. The van der Waals surface area contributed by atoms with E-state index in [0.717, 1.165) is 17.9 Å². The molecule has 4 rings (SSSR count). The number of rotatable bonds is 8. The van der Waals surface area contributed by atoms with Gasteiger partial charge in [-0.05, 0) is 31.0 Å². The molecule has 2 amide bonds. The smallest absolute Gasteiger partial charge is 0.280 e. The van der Waals surface area contributed by atoms with E-state index in [4.69, 9.17) is 9.57 Å². The second kappa shape index (κ2) is 9.25. The fraction of sp³-hybridized carbons (Fsp3) is 0.318. The van der Waals surface area contributed by atoms with E-state index in [2.05, 4.69) is 25.7 Å². The molecular weight excluding hydrogens is 426 g/mol. The first kappa shape index (κ1) is 22.2. The summed E-state index contributed by atoms with van der Waals surface area (Å²) < 4.78 is 7.25. The lowest BCUT2D eigenvalue weighted by Crippen LogP contribution is -2.28. The number of hydrogen-bond acceptors (Lipinski definition) is 8. The molecule has 1 fully saturated rings. The molecule has 2 aromatic heterocycles. The standard InChI is InChI=1S/C22H25N7O4/c1-28-12-24-20(27-28)14-6-5-7-16(19(14)32-3)26-17-10-18(21(30)25-13-8-9-13)23-11-15(17)22(31)29(2)33-4/h5-7,10-13H,8-9H2,1-4H3,(H,23,26)(H,25,30). The van der Waals surface area contributed by atoms with Crippen LogP contribution < -0.4 is 15.4 Å². The van der Waals surface area contributed by atoms with Crippen LogP contribution in [-0.4, -0.2) is 63.9 Å². The highest BCUT2D eigenvalue weighted by Gasteiger charge is 2.26. The summed E-state index contributed by atoms with van der Waals surface area (Å²) in [5.74, 6) is 0.261. The molecule has 0 spiro atoms. The van der Waals surface area contributed by atoms with Crippen molar-refractivity contribution in [2.24, 2.45) is 7.05 Å². The summed E-state index contributed by atoms with van der Waals surface area (Å²) in [6.45, 7) is 0. The molecule has 2 heterocycles. The predicted molar refractivity (Wildman–Crippen MR) is 120 cm³/mol. The van der Waals surface area contributed by atoms with Gasteiger partial charge in [0.05, 0.1) is 36.7 Å². The maximum Gasteiger partial charge on any atom is 0.280 e. The number of nitrogens with zero attached hydrogens (tertiary/aromatic N) is 5. The van der Waals surface area contributed by atoms with E-state index in [9.17, 15) is 9.59 Å². The third kappa shape index (κ3) is 4.77. The largest absolute Gasteiger partial charge is 0.494 e. The van der Waals surface area contributed by atoms with Gasteiger partial charge >= 0.3 is 0 Å². The second-order valence-corrected chi connectivity index (χ2v) is 7.60. The van der Waals surface area contributed by atoms with Gasteiger partial charge in [0.15, 0.2) is 11.6 Å². The number of anilines is 2. The quantitative estimate of drug-likeness (QED) is 0.500. The molecule has 172 valence electrons. The van der Waals surface area contributed by atoms with E-state index in [-0.39, 0.29) is 23.2 Å². The first-order chi connectivity index (χ1) is 15.9. The molecule has 0 saturated heterocycles. The van der Waals surface area contributed by atoms with Crippen LogP contribution in [0.3, 0.4) is 0 Å². The Balaban J connectivity index is 1.75. The van der Waals surface area contributed by atoms with Crippen LogP contribution in [0, 0.1) is 0 Å². The number of para-hydroxylation sites is 1. The van der Waals surface area contributed by atoms with Crippen LogP contribution in [0.2, 0.25) is 0 Å². The molecule has 0 unspecified atom stereocenters. The summed E-state index contributed by atoms with van der Waals surface area (Å²) >= 11 is 0. The molecule has 33 heavy (non-hydrogen) atoms. The van der Waals surface area contributed by atoms with Gasteiger partial charge in [-0.2, -0.15) is 5.10 Å². The van der Waals surface area contributed by atoms with Crippen molar-refractivity contribution >= 4 is 23.2 Å². The molecule has 11 heteroatoms. The van der Waals surface area contributed by atoms with Crippen molar-refractivity contribution < 1.29 is 19.2 Å². The number of benzene rings is 1. The molecular formula is C22H25N7O4. The van der Waals surface area contributed by atoms with E-state index in [1.165, 1.54) is 20.4 Å². The molecule has 0 aliphatic heterocycles. The average Bonchev–Trinajstić information content (AvgIpc) is 3.54. The highest BCUT2D eigenvalue weighted by atomic mass is 16.7. The van der Waals surface area contributed by atoms with Crippen LogP contribution >= 0.6 is 0 Å². The Morgan fingerprint density at radius 1 is 1.18 bits per heavy atom. The van der Waals surface area contributed by atoms with Gasteiger partial charge in [0.25, 0.3) is 11.8 Å². The monoisotopic (exact) mass is 451 g/mol. The van der Waals surface area contributed by atoms with Crippen molar-refractivity contribution in [2.75, 3.05) is 26.6 Å². The Morgan fingerprint density at radius 2 is 1.97 bits per heavy atom. The third-order valence-electron chi connectivity index (χ3n) is 5.17. The summed E-state index contributed by atoms with van der Waals surface area (Å²) in [7, 11) is 6.20. The lowest BCUT2D eigenvalue weighted by atomic mass is 10.1. The van der Waals surface area contributed by atoms with Gasteiger partial charge in [0.2, 0.25) is 0 Å². The van der Waals surface area contributed by atoms with E-state index in [1.807, 2.05) is 12.1 Å². The number of aryl methyl sites for hydroxylation is 1. The molecule has 1 aromatic carbocycles. The lowest BCUT2D eigenvalue weighted by molar-refractivity contribution is -0.0756. The number of carbonyl (C=O) groups excluding carboxylic acids is 2. The first-order valence-electron chi connectivity index (χ1n) is 10.3. The van der Waals surface area contributed by atoms with Gasteiger partial charge in [0.1, 0.15) is 12.0 Å². The summed E-state index contributed by atoms with van der Waals surface area (Å²) in [4.78, 5) is 39.0. The molecule has 0 bridgehead atoms. The third-order valence-corrected chi connectivity index (χ3v) is 5.17. The minimum atomic E-state index is -0.428. The van der Waals surface area contributed by atoms with Gasteiger partial charge in [-0.25, -0.2) is 10.0 Å². The Morgan fingerprint density at radius 3 is 2.61 bits per heavy atom. The number of aromatic nitrogens is 4. The lowest BCUT2D eigenvalue weighted by Gasteiger charge is -2.19. The van der Waals surface area contributed by atoms with Gasteiger partial charge < -0.3 is 15.4 Å². The number of nitrogens with one attached hydrogen (secondary N) is 2. The summed E-state index contributed by atoms with van der Waals surface area (Å²) in [6.07, 6.45) is 4.87. The number of pyridine rings is 1. The number of hydroxylamine groups is 2. The minimum Gasteiger partial charge on any atom is -0.494 e. The summed E-state index contributed by atoms with van der Waals surface area (Å²) in [5, 5.41) is 11.6. The van der Waals surface area contributed by atoms with E-state index < -0.39 is 5.91 Å². The number of hydrogen-bond donors (Lipinski definition) is 2. The fourth-order valence-corrected chi connectivity index (χ4v) is 3.23. The van der Waals surface area contributed by atoms with E-state index >= 15 is 0 Å². The van der Waals surface area contributed by atoms with Crippen LogP contribution in [0.1, 0.15) is 33.7 Å². The second-order valence-electron chi connectivity index (χ2n) is 7.60. The van der Waals surface area contributed by atoms with Crippen LogP contribution in [-0.2, 0) is 11.9 Å². The predicted octanol–water partition coefficient (Wildman–Crippen LogP) is 2.15. The van der Waals surface area contributed by atoms with Crippen molar-refractivity contribution in [3.8, 4) is 17.1 Å². The molecule has 1 saturated carbocycles. The molecule has 1 aliphatic carbocycles. The van der Waals surface area contributed by atoms with Crippen LogP contribution in [0.4, 0.5) is 11.4 Å². The molecule has 1 aliphatic rings. The summed E-state index contributed by atoms with van der Waals surface area (Å²) in [6, 6.07) is 7.18. The average molecular weight is 451 g/mol. The maximum absolute atomic E-state index is 12.9. The van der Waals surface area contributed by atoms with Crippen LogP contribution in [0.25, 0.3) is 11.4 Å².